The van der Waals surface area contributed by atoms with Gasteiger partial charge in [0.15, 0.2) is 5.01 Å². The second-order valence-corrected chi connectivity index (χ2v) is 9.95. The summed E-state index contributed by atoms with van der Waals surface area (Å²) in [7, 11) is 2.86. The number of urea groups is 1. The number of thiazole rings is 1. The number of hydrogen-bond acceptors (Lipinski definition) is 6. The molecule has 3 amide bonds. The predicted octanol–water partition coefficient (Wildman–Crippen LogP) is 5.38. The van der Waals surface area contributed by atoms with Gasteiger partial charge in [-0.25, -0.2) is 9.78 Å². The van der Waals surface area contributed by atoms with Crippen LogP contribution >= 0.6 is 27.3 Å². The number of ether oxygens (including phenoxy) is 2. The molecule has 0 aliphatic carbocycles. The number of rotatable bonds is 6. The molecule has 1 aliphatic heterocycles. The fourth-order valence-corrected chi connectivity index (χ4v) is 4.87. The number of nitrogens with zero attached hydrogens (tertiary/aromatic N) is 4. The van der Waals surface area contributed by atoms with E-state index in [0.29, 0.717) is 5.69 Å². The van der Waals surface area contributed by atoms with E-state index >= 15 is 0 Å². The van der Waals surface area contributed by atoms with E-state index in [0.717, 1.165) is 27.9 Å². The van der Waals surface area contributed by atoms with Crippen LogP contribution in [0.1, 0.15) is 15.5 Å². The van der Waals surface area contributed by atoms with Crippen LogP contribution in [0, 0.1) is 12.3 Å². The van der Waals surface area contributed by atoms with Crippen LogP contribution in [0.25, 0.3) is 0 Å². The van der Waals surface area contributed by atoms with Gasteiger partial charge in [-0.05, 0) is 30.2 Å². The van der Waals surface area contributed by atoms with E-state index in [1.54, 1.807) is 31.3 Å². The zero-order chi connectivity index (χ0) is 27.6. The SMILES string of the molecule is C#Cc1nc(C(=O)N(c2cc(OC)cc(OC(F)(F)F)c2)C2CN(C)C(=O)N(c3ccc(Br)cc3)C2)cs1. The van der Waals surface area contributed by atoms with Gasteiger partial charge in [-0.2, -0.15) is 0 Å². The zero-order valence-electron chi connectivity index (χ0n) is 20.0. The summed E-state index contributed by atoms with van der Waals surface area (Å²) >= 11 is 4.45. The Balaban J connectivity index is 1.81. The smallest absolute Gasteiger partial charge is 0.497 e. The number of halogens is 4. The first-order valence-corrected chi connectivity index (χ1v) is 12.6. The van der Waals surface area contributed by atoms with E-state index in [1.807, 2.05) is 0 Å². The van der Waals surface area contributed by atoms with Crippen molar-refractivity contribution in [3.8, 4) is 23.8 Å². The van der Waals surface area contributed by atoms with E-state index in [1.165, 1.54) is 33.3 Å². The third-order valence-corrected chi connectivity index (χ3v) is 6.92. The number of likely N-dealkylation sites (N-methyl/N-ethyl adjacent to an activating group) is 1. The number of hydrogen-bond donors (Lipinski definition) is 0. The molecule has 1 atom stereocenters. The molecule has 2 heterocycles. The number of benzene rings is 2. The molecule has 1 saturated heterocycles. The van der Waals surface area contributed by atoms with Crippen molar-refractivity contribution in [2.45, 2.75) is 12.4 Å². The van der Waals surface area contributed by atoms with Crippen molar-refractivity contribution in [1.29, 1.82) is 0 Å². The lowest BCUT2D eigenvalue weighted by atomic mass is 10.1. The van der Waals surface area contributed by atoms with E-state index in [9.17, 15) is 22.8 Å². The number of aromatic nitrogens is 1. The second kappa shape index (κ2) is 10.9. The molecule has 1 aliphatic rings. The van der Waals surface area contributed by atoms with Gasteiger partial charge in [-0.15, -0.1) is 30.9 Å². The van der Waals surface area contributed by atoms with Gasteiger partial charge in [0.05, 0.1) is 25.4 Å². The van der Waals surface area contributed by atoms with Crippen LogP contribution in [-0.2, 0) is 0 Å². The molecule has 8 nitrogen and oxygen atoms in total. The average Bonchev–Trinajstić information content (AvgIpc) is 3.35. The van der Waals surface area contributed by atoms with Crippen LogP contribution < -0.4 is 19.3 Å². The van der Waals surface area contributed by atoms with Crippen LogP contribution in [0.2, 0.25) is 0 Å². The van der Waals surface area contributed by atoms with E-state index in [4.69, 9.17) is 11.2 Å². The van der Waals surface area contributed by atoms with Gasteiger partial charge < -0.3 is 19.3 Å². The molecule has 1 unspecified atom stereocenters. The zero-order valence-corrected chi connectivity index (χ0v) is 22.4. The molecule has 0 bridgehead atoms. The standard InChI is InChI=1S/C25H20BrF3N4O4S/c1-4-22-30-21(14-38-22)23(34)33(17-9-19(36-3)11-20(10-17)37-25(27,28)29)18-12-31(2)24(35)32(13-18)16-7-5-15(26)6-8-16/h1,5-11,14,18H,12-13H2,2-3H3. The topological polar surface area (TPSA) is 75.2 Å². The van der Waals surface area contributed by atoms with Crippen molar-refractivity contribution in [2.24, 2.45) is 0 Å². The molecule has 0 saturated carbocycles. The molecule has 1 fully saturated rings. The highest BCUT2D eigenvalue weighted by Gasteiger charge is 2.38. The number of carbonyl (C=O) groups excluding carboxylic acids is 2. The molecule has 0 spiro atoms. The summed E-state index contributed by atoms with van der Waals surface area (Å²) in [6, 6.07) is 9.59. The van der Waals surface area contributed by atoms with Crippen LogP contribution in [0.5, 0.6) is 11.5 Å². The van der Waals surface area contributed by atoms with Crippen LogP contribution in [0.4, 0.5) is 29.3 Å². The predicted molar refractivity (Wildman–Crippen MR) is 140 cm³/mol. The van der Waals surface area contributed by atoms with Crippen LogP contribution in [-0.4, -0.2) is 61.5 Å². The van der Waals surface area contributed by atoms with Crippen molar-refractivity contribution in [2.75, 3.05) is 37.0 Å². The van der Waals surface area contributed by atoms with E-state index in [-0.39, 0.29) is 41.3 Å². The number of terminal acetylenes is 1. The molecular formula is C25H20BrF3N4O4S. The summed E-state index contributed by atoms with van der Waals surface area (Å²) < 4.78 is 49.3. The van der Waals surface area contributed by atoms with E-state index in [2.05, 4.69) is 31.6 Å². The molecule has 2 aromatic carbocycles. The van der Waals surface area contributed by atoms with Gasteiger partial charge in [0.1, 0.15) is 17.2 Å². The van der Waals surface area contributed by atoms with Gasteiger partial charge >= 0.3 is 12.4 Å². The summed E-state index contributed by atoms with van der Waals surface area (Å²) in [5, 5.41) is 1.75. The Bertz CT molecular complexity index is 1390. The lowest BCUT2D eigenvalue weighted by Crippen LogP contribution is -2.61. The quantitative estimate of drug-likeness (QED) is 0.351. The molecule has 4 rings (SSSR count). The number of amides is 3. The van der Waals surface area contributed by atoms with Crippen molar-refractivity contribution >= 4 is 50.6 Å². The van der Waals surface area contributed by atoms with Crippen molar-refractivity contribution in [3.05, 3.63) is 63.0 Å². The van der Waals surface area contributed by atoms with Gasteiger partial charge in [0.25, 0.3) is 5.91 Å². The Hall–Kier alpha value is -3.76. The number of alkyl halides is 3. The first-order valence-electron chi connectivity index (χ1n) is 11.0. The molecule has 198 valence electrons. The average molecular weight is 609 g/mol. The highest BCUT2D eigenvalue weighted by Crippen LogP contribution is 2.35. The van der Waals surface area contributed by atoms with Gasteiger partial charge in [-0.3, -0.25) is 9.69 Å². The highest BCUT2D eigenvalue weighted by molar-refractivity contribution is 9.10. The van der Waals surface area contributed by atoms with Crippen molar-refractivity contribution in [3.63, 3.8) is 0 Å². The normalized spacial score (nSPS) is 15.7. The summed E-state index contributed by atoms with van der Waals surface area (Å²) in [5.74, 6) is 1.22. The summed E-state index contributed by atoms with van der Waals surface area (Å²) in [6.45, 7) is 0.145. The largest absolute Gasteiger partial charge is 0.573 e. The first kappa shape index (κ1) is 27.3. The maximum atomic E-state index is 13.8. The fourth-order valence-electron chi connectivity index (χ4n) is 4.01. The lowest BCUT2D eigenvalue weighted by molar-refractivity contribution is -0.274. The van der Waals surface area contributed by atoms with Crippen LogP contribution in [0.15, 0.2) is 52.3 Å². The molecule has 0 radical (unpaired) electrons. The first-order chi connectivity index (χ1) is 18.0. The van der Waals surface area contributed by atoms with Gasteiger partial charge in [0, 0.05) is 47.3 Å². The van der Waals surface area contributed by atoms with Crippen molar-refractivity contribution in [1.82, 2.24) is 9.88 Å². The van der Waals surface area contributed by atoms with Gasteiger partial charge in [-0.1, -0.05) is 15.9 Å². The Labute approximate surface area is 228 Å². The molecular weight excluding hydrogens is 589 g/mol. The van der Waals surface area contributed by atoms with E-state index < -0.39 is 24.1 Å². The molecule has 3 aromatic rings. The molecule has 0 N–H and O–H groups in total. The van der Waals surface area contributed by atoms with Gasteiger partial charge in [0.2, 0.25) is 0 Å². The number of anilines is 2. The number of carbonyl (C=O) groups is 2. The highest BCUT2D eigenvalue weighted by atomic mass is 79.9. The van der Waals surface area contributed by atoms with Crippen molar-refractivity contribution < 1.29 is 32.2 Å². The fraction of sp³-hybridized carbons (Fsp3) is 0.240. The molecule has 38 heavy (non-hydrogen) atoms. The Morgan fingerprint density at radius 2 is 1.89 bits per heavy atom. The molecule has 1 aromatic heterocycles. The maximum Gasteiger partial charge on any atom is 0.573 e. The Morgan fingerprint density at radius 1 is 1.21 bits per heavy atom. The van der Waals surface area contributed by atoms with Crippen LogP contribution in [0.3, 0.4) is 0 Å². The minimum Gasteiger partial charge on any atom is -0.497 e. The molecule has 13 heteroatoms. The Kier molecular flexibility index (Phi) is 7.84. The lowest BCUT2D eigenvalue weighted by Gasteiger charge is -2.43. The minimum absolute atomic E-state index is 0.0128. The maximum absolute atomic E-state index is 13.8. The third-order valence-electron chi connectivity index (χ3n) is 5.62. The number of methoxy groups -OCH3 is 1. The summed E-state index contributed by atoms with van der Waals surface area (Å²) in [6.07, 6.45) is 0.448. The third kappa shape index (κ3) is 6.03. The Morgan fingerprint density at radius 3 is 2.50 bits per heavy atom. The summed E-state index contributed by atoms with van der Waals surface area (Å²) in [4.78, 5) is 35.2. The summed E-state index contributed by atoms with van der Waals surface area (Å²) in [5.41, 5.74) is 0.656. The second-order valence-electron chi connectivity index (χ2n) is 8.18. The monoisotopic (exact) mass is 608 g/mol. The minimum atomic E-state index is -4.97.